The number of nitrogens with zero attached hydrogens (tertiary/aromatic N) is 1. The van der Waals surface area contributed by atoms with Gasteiger partial charge in [0.2, 0.25) is 0 Å². The van der Waals surface area contributed by atoms with Crippen LogP contribution in [0, 0.1) is 0 Å². The van der Waals surface area contributed by atoms with Gasteiger partial charge in [0, 0.05) is 6.08 Å². The van der Waals surface area contributed by atoms with E-state index < -0.39 is 0 Å². The van der Waals surface area contributed by atoms with Gasteiger partial charge < -0.3 is 0 Å². The van der Waals surface area contributed by atoms with Gasteiger partial charge in [0.1, 0.15) is 5.16 Å². The molecule has 1 heterocycles. The van der Waals surface area contributed by atoms with Crippen molar-refractivity contribution in [3.05, 3.63) is 23.4 Å². The molecule has 1 aliphatic rings. The largest absolute Gasteiger partial charge is 0.271 e. The Morgan fingerprint density at radius 2 is 2.38 bits per heavy atom. The van der Waals surface area contributed by atoms with Crippen molar-refractivity contribution < 1.29 is 4.79 Å². The molecule has 1 rings (SSSR count). The van der Waals surface area contributed by atoms with Crippen LogP contribution in [0.15, 0.2) is 23.4 Å². The van der Waals surface area contributed by atoms with Crippen LogP contribution in [0.2, 0.25) is 0 Å². The average Bonchev–Trinajstić information content (AvgIpc) is 1.64. The van der Waals surface area contributed by atoms with Gasteiger partial charge in [0.25, 0.3) is 5.91 Å². The van der Waals surface area contributed by atoms with E-state index in [1.807, 2.05) is 0 Å². The highest BCUT2D eigenvalue weighted by Crippen LogP contribution is 2.02. The maximum absolute atomic E-state index is 10.3. The van der Waals surface area contributed by atoms with Crippen LogP contribution in [0.4, 0.5) is 0 Å². The summed E-state index contributed by atoms with van der Waals surface area (Å²) in [6.07, 6.45) is 4.48. The van der Waals surface area contributed by atoms with Gasteiger partial charge in [-0.2, -0.15) is 5.32 Å². The molecular formula is C5H3ClNO. The Morgan fingerprint density at radius 1 is 1.62 bits per heavy atom. The predicted octanol–water partition coefficient (Wildman–Crippen LogP) is 0.767. The first-order chi connectivity index (χ1) is 3.79. The van der Waals surface area contributed by atoms with E-state index in [9.17, 15) is 4.79 Å². The van der Waals surface area contributed by atoms with Crippen molar-refractivity contribution in [1.82, 2.24) is 5.32 Å². The van der Waals surface area contributed by atoms with Gasteiger partial charge in [-0.3, -0.25) is 4.79 Å². The molecule has 3 heteroatoms. The first kappa shape index (κ1) is 5.38. The van der Waals surface area contributed by atoms with Crippen LogP contribution in [0.1, 0.15) is 0 Å². The smallest absolute Gasteiger partial charge is 0.267 e. The zero-order valence-corrected chi connectivity index (χ0v) is 4.72. The van der Waals surface area contributed by atoms with Gasteiger partial charge in [-0.05, 0) is 6.08 Å². The lowest BCUT2D eigenvalue weighted by atomic mass is 10.4. The molecule has 1 amide bonds. The zero-order valence-electron chi connectivity index (χ0n) is 3.97. The van der Waals surface area contributed by atoms with Gasteiger partial charge in [-0.1, -0.05) is 17.7 Å². The maximum Gasteiger partial charge on any atom is 0.271 e. The second kappa shape index (κ2) is 2.01. The fourth-order valence-electron chi connectivity index (χ4n) is 0.390. The summed E-state index contributed by atoms with van der Waals surface area (Å²) in [5.41, 5.74) is 0. The molecule has 0 saturated carbocycles. The summed E-state index contributed by atoms with van der Waals surface area (Å²) in [6, 6.07) is 0. The van der Waals surface area contributed by atoms with E-state index in [4.69, 9.17) is 11.6 Å². The molecule has 2 nitrogen and oxygen atoms in total. The molecule has 0 saturated heterocycles. The fraction of sp³-hybridized carbons (Fsp3) is 0. The normalized spacial score (nSPS) is 17.6. The maximum atomic E-state index is 10.3. The number of allylic oxidation sites excluding steroid dienone is 2. The Labute approximate surface area is 51.8 Å². The minimum atomic E-state index is -0.294. The Hall–Kier alpha value is -0.760. The van der Waals surface area contributed by atoms with Gasteiger partial charge in [-0.15, -0.1) is 0 Å². The van der Waals surface area contributed by atoms with E-state index in [0.717, 1.165) is 0 Å². The molecule has 41 valence electrons. The van der Waals surface area contributed by atoms with E-state index in [1.165, 1.54) is 6.08 Å². The summed E-state index contributed by atoms with van der Waals surface area (Å²) in [4.78, 5) is 10.3. The van der Waals surface area contributed by atoms with Crippen molar-refractivity contribution >= 4 is 17.5 Å². The average molecular weight is 129 g/mol. The monoisotopic (exact) mass is 128 g/mol. The Balaban J connectivity index is 2.73. The van der Waals surface area contributed by atoms with E-state index in [1.54, 1.807) is 12.2 Å². The Bertz CT molecular complexity index is 171. The number of carbonyl (C=O) groups excluding carboxylic acids is 1. The predicted molar refractivity (Wildman–Crippen MR) is 30.2 cm³/mol. The molecule has 0 atom stereocenters. The topological polar surface area (TPSA) is 31.2 Å². The van der Waals surface area contributed by atoms with Gasteiger partial charge in [0.15, 0.2) is 0 Å². The number of hydrogen-bond donors (Lipinski definition) is 0. The summed E-state index contributed by atoms with van der Waals surface area (Å²) in [5, 5.41) is 3.63. The number of halogens is 1. The molecule has 0 aromatic heterocycles. The fourth-order valence-corrected chi connectivity index (χ4v) is 0.546. The lowest BCUT2D eigenvalue weighted by Gasteiger charge is -1.96. The zero-order chi connectivity index (χ0) is 5.98. The Kier molecular flexibility index (Phi) is 1.35. The quantitative estimate of drug-likeness (QED) is 0.444. The summed E-state index contributed by atoms with van der Waals surface area (Å²) in [6.45, 7) is 0. The third kappa shape index (κ3) is 1.10. The molecule has 0 N–H and O–H groups in total. The van der Waals surface area contributed by atoms with Crippen LogP contribution in [0.3, 0.4) is 0 Å². The minimum absolute atomic E-state index is 0.248. The number of amides is 1. The number of rotatable bonds is 0. The lowest BCUT2D eigenvalue weighted by Crippen LogP contribution is -2.11. The first-order valence-corrected chi connectivity index (χ1v) is 2.46. The highest BCUT2D eigenvalue weighted by molar-refractivity contribution is 6.30. The molecule has 0 aromatic carbocycles. The molecule has 0 bridgehead atoms. The van der Waals surface area contributed by atoms with Crippen molar-refractivity contribution in [2.75, 3.05) is 0 Å². The molecule has 0 unspecified atom stereocenters. The second-order valence-corrected chi connectivity index (χ2v) is 1.69. The molecule has 0 aliphatic carbocycles. The number of carbonyl (C=O) groups is 1. The summed E-state index contributed by atoms with van der Waals surface area (Å²) >= 11 is 5.33. The SMILES string of the molecule is O=C1C=CC=C(Cl)[N]1. The highest BCUT2D eigenvalue weighted by atomic mass is 35.5. The van der Waals surface area contributed by atoms with Crippen LogP contribution in [0.5, 0.6) is 0 Å². The molecule has 8 heavy (non-hydrogen) atoms. The Morgan fingerprint density at radius 3 is 2.75 bits per heavy atom. The molecule has 0 fully saturated rings. The highest BCUT2D eigenvalue weighted by Gasteiger charge is 2.02. The third-order valence-electron chi connectivity index (χ3n) is 0.690. The van der Waals surface area contributed by atoms with Crippen LogP contribution < -0.4 is 5.32 Å². The standard InChI is InChI=1S/C5H3ClNO/c6-4-2-1-3-5(8)7-4/h1-3H. The summed E-state index contributed by atoms with van der Waals surface area (Å²) < 4.78 is 0. The molecule has 0 spiro atoms. The number of hydrogen-bond acceptors (Lipinski definition) is 1. The van der Waals surface area contributed by atoms with Crippen LogP contribution in [-0.2, 0) is 4.79 Å². The third-order valence-corrected chi connectivity index (χ3v) is 0.900. The van der Waals surface area contributed by atoms with Crippen molar-refractivity contribution in [1.29, 1.82) is 0 Å². The van der Waals surface area contributed by atoms with Crippen LogP contribution in [-0.4, -0.2) is 5.91 Å². The van der Waals surface area contributed by atoms with Gasteiger partial charge in [-0.25, -0.2) is 0 Å². The van der Waals surface area contributed by atoms with Crippen LogP contribution >= 0.6 is 11.6 Å². The van der Waals surface area contributed by atoms with E-state index >= 15 is 0 Å². The second-order valence-electron chi connectivity index (χ2n) is 1.30. The first-order valence-electron chi connectivity index (χ1n) is 2.08. The summed E-state index contributed by atoms with van der Waals surface area (Å²) in [7, 11) is 0. The van der Waals surface area contributed by atoms with Crippen molar-refractivity contribution in [3.8, 4) is 0 Å². The van der Waals surface area contributed by atoms with Crippen molar-refractivity contribution in [2.45, 2.75) is 0 Å². The van der Waals surface area contributed by atoms with Crippen molar-refractivity contribution in [2.24, 2.45) is 0 Å². The van der Waals surface area contributed by atoms with E-state index in [2.05, 4.69) is 5.32 Å². The van der Waals surface area contributed by atoms with Gasteiger partial charge in [0.05, 0.1) is 0 Å². The van der Waals surface area contributed by atoms with E-state index in [0.29, 0.717) is 0 Å². The van der Waals surface area contributed by atoms with Crippen molar-refractivity contribution in [3.63, 3.8) is 0 Å². The molecule has 1 radical (unpaired) electrons. The minimum Gasteiger partial charge on any atom is -0.267 e. The summed E-state index contributed by atoms with van der Waals surface area (Å²) in [5.74, 6) is -0.294. The lowest BCUT2D eigenvalue weighted by molar-refractivity contribution is -0.116. The van der Waals surface area contributed by atoms with Crippen LogP contribution in [0.25, 0.3) is 0 Å². The molecule has 0 aromatic rings. The molecule has 1 aliphatic heterocycles. The molecular weight excluding hydrogens is 126 g/mol. The van der Waals surface area contributed by atoms with E-state index in [-0.39, 0.29) is 11.1 Å². The van der Waals surface area contributed by atoms with Gasteiger partial charge >= 0.3 is 0 Å².